The van der Waals surface area contributed by atoms with E-state index in [-0.39, 0.29) is 0 Å². The molecule has 3 fully saturated rings. The van der Waals surface area contributed by atoms with Crippen molar-refractivity contribution < 1.29 is 126 Å². The van der Waals surface area contributed by atoms with Crippen LogP contribution < -0.4 is 5.11 Å². The molecule has 0 radical (unpaired) electrons. The van der Waals surface area contributed by atoms with Gasteiger partial charge in [-0.15, -0.1) is 0 Å². The molecule has 0 aromatic carbocycles. The van der Waals surface area contributed by atoms with Crippen molar-refractivity contribution >= 4 is 47.3 Å². The van der Waals surface area contributed by atoms with Crippen molar-refractivity contribution in [1.29, 1.82) is 0 Å². The first-order valence-electron chi connectivity index (χ1n) is 15.7. The lowest BCUT2D eigenvalue weighted by atomic mass is 9.91. The van der Waals surface area contributed by atoms with Crippen LogP contribution in [-0.2, 0) is 111 Å². The van der Waals surface area contributed by atoms with E-state index in [1.54, 1.807) is 0 Å². The summed E-state index contributed by atoms with van der Waals surface area (Å²) in [5.74, 6) is -5.72. The first-order valence-corrected chi connectivity index (χ1v) is 21.3. The first-order chi connectivity index (χ1) is 26.3. The van der Waals surface area contributed by atoms with E-state index in [2.05, 4.69) is 12.5 Å². The maximum absolute atomic E-state index is 12.7. The zero-order chi connectivity index (χ0) is 43.3. The summed E-state index contributed by atoms with van der Waals surface area (Å²) < 4.78 is 213. The van der Waals surface area contributed by atoms with Gasteiger partial charge in [0.1, 0.15) is 67.1 Å². The van der Waals surface area contributed by atoms with Gasteiger partial charge in [0.15, 0.2) is 18.9 Å². The molecule has 0 aromatic heterocycles. The molecule has 0 N–H and O–H groups in total. The van der Waals surface area contributed by atoms with Crippen molar-refractivity contribution in [3.63, 3.8) is 0 Å². The highest BCUT2D eigenvalue weighted by Crippen LogP contribution is 2.38. The van der Waals surface area contributed by atoms with Crippen molar-refractivity contribution in [3.8, 4) is 0 Å². The van der Waals surface area contributed by atoms with Crippen LogP contribution in [0.5, 0.6) is 0 Å². The molecular formula is C25H39O28S4-5. The Morgan fingerprint density at radius 3 is 1.33 bits per heavy atom. The smallest absolute Gasteiger partial charge is 0.218 e. The van der Waals surface area contributed by atoms with Crippen LogP contribution in [0.1, 0.15) is 0 Å². The highest BCUT2D eigenvalue weighted by Gasteiger charge is 2.57. The minimum absolute atomic E-state index is 0.857. The van der Waals surface area contributed by atoms with E-state index in [0.717, 1.165) is 28.4 Å². The molecular weight excluding hydrogens is 877 g/mol. The molecule has 15 atom stereocenters. The van der Waals surface area contributed by atoms with Gasteiger partial charge in [0.25, 0.3) is 0 Å². The summed E-state index contributed by atoms with van der Waals surface area (Å²) in [5.41, 5.74) is 0. The second-order valence-electron chi connectivity index (χ2n) is 12.0. The Morgan fingerprint density at radius 2 is 0.930 bits per heavy atom. The van der Waals surface area contributed by atoms with Gasteiger partial charge in [-0.1, -0.05) is 0 Å². The third-order valence-electron chi connectivity index (χ3n) is 8.64. The molecule has 3 saturated heterocycles. The molecule has 336 valence electrons. The van der Waals surface area contributed by atoms with Crippen LogP contribution in [0, 0.1) is 5.92 Å². The third-order valence-corrected chi connectivity index (χ3v) is 10.7. The Balaban J connectivity index is 2.10. The molecule has 0 aromatic rings. The fourth-order valence-electron chi connectivity index (χ4n) is 6.47. The number of ether oxygens (including phenoxy) is 11. The number of carbonyl (C=O) groups excluding carboxylic acids is 1. The molecule has 0 unspecified atom stereocenters. The molecule has 0 spiro atoms. The van der Waals surface area contributed by atoms with Crippen molar-refractivity contribution in [3.05, 3.63) is 0 Å². The van der Waals surface area contributed by atoms with Gasteiger partial charge in [0.05, 0.1) is 35.2 Å². The lowest BCUT2D eigenvalue weighted by molar-refractivity contribution is -0.390. The van der Waals surface area contributed by atoms with Crippen molar-refractivity contribution in [2.75, 3.05) is 61.6 Å². The number of methoxy groups -OCH3 is 6. The third kappa shape index (κ3) is 13.8. The zero-order valence-corrected chi connectivity index (χ0v) is 33.6. The highest BCUT2D eigenvalue weighted by atomic mass is 32.3. The van der Waals surface area contributed by atoms with E-state index in [0.29, 0.717) is 0 Å². The summed E-state index contributed by atoms with van der Waals surface area (Å²) in [6.07, 6.45) is -25.7. The topological polar surface area (TPSA) is 398 Å². The van der Waals surface area contributed by atoms with Gasteiger partial charge in [-0.2, -0.15) is 0 Å². The van der Waals surface area contributed by atoms with E-state index in [1.165, 1.54) is 14.2 Å². The monoisotopic (exact) mass is 915 g/mol. The van der Waals surface area contributed by atoms with Crippen molar-refractivity contribution in [2.24, 2.45) is 5.92 Å². The predicted molar refractivity (Wildman–Crippen MR) is 166 cm³/mol. The average Bonchev–Trinajstić information content (AvgIpc) is 3.09. The van der Waals surface area contributed by atoms with Gasteiger partial charge < -0.3 is 80.2 Å². The fraction of sp³-hybridized carbons (Fsp3) is 0.960. The predicted octanol–water partition coefficient (Wildman–Crippen LogP) is -6.64. The van der Waals surface area contributed by atoms with E-state index in [9.17, 15) is 61.8 Å². The number of hydrogen-bond acceptors (Lipinski definition) is 28. The number of hydrogen-bond donors (Lipinski definition) is 0. The molecule has 0 saturated carbocycles. The Bertz CT molecular complexity index is 1760. The summed E-state index contributed by atoms with van der Waals surface area (Å²) in [4.78, 5) is 12.7. The van der Waals surface area contributed by atoms with Gasteiger partial charge >= 0.3 is 0 Å². The van der Waals surface area contributed by atoms with Crippen LogP contribution in [0.15, 0.2) is 0 Å². The first kappa shape index (κ1) is 49.9. The van der Waals surface area contributed by atoms with Crippen LogP contribution in [-0.4, -0.2) is 205 Å². The van der Waals surface area contributed by atoms with Crippen molar-refractivity contribution in [2.45, 2.75) is 86.0 Å². The lowest BCUT2D eigenvalue weighted by Crippen LogP contribution is -2.69. The highest BCUT2D eigenvalue weighted by molar-refractivity contribution is 7.85. The largest absolute Gasteiger partial charge is 0.748 e. The molecule has 0 bridgehead atoms. The molecule has 3 aliphatic heterocycles. The summed E-state index contributed by atoms with van der Waals surface area (Å²) in [6.45, 7) is -2.34. The normalized spacial score (nSPS) is 37.2. The van der Waals surface area contributed by atoms with E-state index in [4.69, 9.17) is 52.1 Å². The summed E-state index contributed by atoms with van der Waals surface area (Å²) in [5, 5.41) is 12.7. The van der Waals surface area contributed by atoms with E-state index in [1.807, 2.05) is 0 Å². The average molecular weight is 916 g/mol. The molecule has 3 aliphatic rings. The summed E-state index contributed by atoms with van der Waals surface area (Å²) >= 11 is 0. The fourth-order valence-corrected chi connectivity index (χ4v) is 8.41. The van der Waals surface area contributed by atoms with Crippen LogP contribution >= 0.6 is 0 Å². The molecule has 32 heteroatoms. The Kier molecular flexibility index (Phi) is 17.9. The second-order valence-corrected chi connectivity index (χ2v) is 16.6. The van der Waals surface area contributed by atoms with E-state index < -0.39 is 158 Å². The molecule has 3 heterocycles. The van der Waals surface area contributed by atoms with Gasteiger partial charge in [-0.3, -0.25) is 12.5 Å². The molecule has 0 amide bonds. The van der Waals surface area contributed by atoms with Gasteiger partial charge in [0.2, 0.25) is 31.2 Å². The Morgan fingerprint density at radius 1 is 0.509 bits per heavy atom. The number of carboxylic acid groups (broad SMARTS) is 1. The Hall–Kier alpha value is -1.45. The summed E-state index contributed by atoms with van der Waals surface area (Å²) in [6, 6.07) is 0. The minimum atomic E-state index is -5.89. The number of carbonyl (C=O) groups is 1. The quantitative estimate of drug-likeness (QED) is 0.0763. The minimum Gasteiger partial charge on any atom is -0.748 e. The van der Waals surface area contributed by atoms with Crippen LogP contribution in [0.2, 0.25) is 0 Å². The second kappa shape index (κ2) is 20.4. The lowest BCUT2D eigenvalue weighted by Gasteiger charge is -2.51. The maximum Gasteiger partial charge on any atom is 0.218 e. The SMILES string of the molecule is CO[C@H]1O[C@H](COS(=O)(=O)[O-])[C@@H](O[C@@H]2O[C@H](C(=O)[O-])[C@@H](O[C@H]3O[C@H](COS(=O)(=O)[O-])[C@@H](OC)[C@H](OC)[C@H]3OC)[C@H](OC)[C@H]2OC)[C@H](OS(=O)(=O)[O-])[C@H]1CS(=O)(=O)[O-]. The Labute approximate surface area is 326 Å². The van der Waals surface area contributed by atoms with Crippen LogP contribution in [0.3, 0.4) is 0 Å². The molecule has 28 nitrogen and oxygen atoms in total. The van der Waals surface area contributed by atoms with Crippen molar-refractivity contribution in [1.82, 2.24) is 0 Å². The number of carboxylic acids is 1. The van der Waals surface area contributed by atoms with E-state index >= 15 is 0 Å². The molecule has 0 aliphatic carbocycles. The van der Waals surface area contributed by atoms with Gasteiger partial charge in [-0.25, -0.2) is 33.7 Å². The number of aliphatic carboxylic acids is 1. The molecule has 3 rings (SSSR count). The van der Waals surface area contributed by atoms with Gasteiger partial charge in [0, 0.05) is 48.4 Å². The maximum atomic E-state index is 12.7. The standard InChI is InChI=1S/C25H44O28S4/c1-40-14-11(7-46-55(31,32)33)49-24(20(43-4)16(14)41-2)51-18-17(42-3)21(44-5)25(52-19(18)22(26)27)50-15-12(8-47-56(34,35)36)48-23(45-6)10(9-54(28,29)30)13(15)53-57(37,38)39/h10-21,23-25H,7-9H2,1-6H3,(H,26,27)(H,28,29,30)(H,31,32,33)(H,34,35,36)(H,37,38,39)/p-5/t10-,11-,12-,13-,14-,15-,16+,17+,18+,19+,20-,21-,23+,24-,25-/m1/s1. The molecule has 57 heavy (non-hydrogen) atoms. The van der Waals surface area contributed by atoms with Gasteiger partial charge in [-0.05, 0) is 0 Å². The van der Waals surface area contributed by atoms with Crippen LogP contribution in [0.25, 0.3) is 0 Å². The van der Waals surface area contributed by atoms with Crippen LogP contribution in [0.4, 0.5) is 0 Å². The summed E-state index contributed by atoms with van der Waals surface area (Å²) in [7, 11) is -15.8. The number of rotatable bonds is 21. The zero-order valence-electron chi connectivity index (χ0n) is 30.3.